The summed E-state index contributed by atoms with van der Waals surface area (Å²) in [5.74, 6) is 0.202. The molecular formula is C7H6F3N2O2. The Balaban J connectivity index is 1.80. The monoisotopic (exact) mass is 207 g/mol. The molecule has 0 aromatic carbocycles. The molecule has 77 valence electrons. The number of halogens is 3. The minimum atomic E-state index is -4.56. The van der Waals surface area contributed by atoms with Gasteiger partial charge in [-0.3, -0.25) is 4.74 Å². The molecule has 1 aliphatic carbocycles. The van der Waals surface area contributed by atoms with Crippen molar-refractivity contribution in [3.63, 3.8) is 0 Å². The smallest absolute Gasteiger partial charge is 0.417 e. The molecule has 0 aliphatic heterocycles. The average molecular weight is 207 g/mol. The first-order valence-corrected chi connectivity index (χ1v) is 3.98. The van der Waals surface area contributed by atoms with Gasteiger partial charge in [0.2, 0.25) is 5.89 Å². The second-order valence-corrected chi connectivity index (χ2v) is 3.09. The van der Waals surface area contributed by atoms with Gasteiger partial charge in [0.25, 0.3) is 0 Å². The Morgan fingerprint density at radius 3 is 2.64 bits per heavy atom. The molecule has 1 heterocycles. The van der Waals surface area contributed by atoms with Crippen LogP contribution in [-0.2, 0) is 4.74 Å². The van der Waals surface area contributed by atoms with Crippen LogP contribution in [-0.4, -0.2) is 22.7 Å². The highest BCUT2D eigenvalue weighted by Crippen LogP contribution is 2.40. The van der Waals surface area contributed by atoms with Gasteiger partial charge in [0.1, 0.15) is 0 Å². The van der Waals surface area contributed by atoms with Crippen LogP contribution in [0.5, 0.6) is 0 Å². The number of ether oxygens (including phenoxy) is 1. The normalized spacial score (nSPS) is 27.4. The predicted molar refractivity (Wildman–Crippen MR) is 36.0 cm³/mol. The summed E-state index contributed by atoms with van der Waals surface area (Å²) in [6.07, 6.45) is -2.68. The fourth-order valence-corrected chi connectivity index (χ4v) is 1.37. The highest BCUT2D eigenvalue weighted by Gasteiger charge is 2.42. The third-order valence-electron chi connectivity index (χ3n) is 2.08. The van der Waals surface area contributed by atoms with Gasteiger partial charge >= 0.3 is 12.8 Å². The summed E-state index contributed by atoms with van der Waals surface area (Å²) in [5, 5.41) is 6.88. The zero-order valence-electron chi connectivity index (χ0n) is 6.91. The minimum absolute atomic E-state index is 0.124. The van der Waals surface area contributed by atoms with E-state index in [1.807, 2.05) is 0 Å². The maximum atomic E-state index is 11.7. The molecule has 0 bridgehead atoms. The first kappa shape index (κ1) is 9.45. The molecule has 1 aromatic rings. The van der Waals surface area contributed by atoms with Crippen LogP contribution in [0.1, 0.15) is 24.7 Å². The summed E-state index contributed by atoms with van der Waals surface area (Å²) in [6.45, 7) is 0. The molecule has 0 atom stereocenters. The lowest BCUT2D eigenvalue weighted by molar-refractivity contribution is -0.352. The van der Waals surface area contributed by atoms with Crippen molar-refractivity contribution in [3.05, 3.63) is 12.3 Å². The fourth-order valence-electron chi connectivity index (χ4n) is 1.37. The van der Waals surface area contributed by atoms with Gasteiger partial charge in [-0.2, -0.15) is 0 Å². The summed E-state index contributed by atoms with van der Waals surface area (Å²) in [5.41, 5.74) is 0. The maximum absolute atomic E-state index is 11.7. The van der Waals surface area contributed by atoms with Crippen LogP contribution >= 0.6 is 0 Å². The second-order valence-electron chi connectivity index (χ2n) is 3.09. The standard InChI is InChI=1S/C7H6F3N2O2/c8-7(9,10)14-5-1-4(2-5)6-12-11-3-13-6/h4-5H,1-2H2. The molecule has 0 unspecified atom stereocenters. The largest absolute Gasteiger partial charge is 0.522 e. The lowest BCUT2D eigenvalue weighted by Gasteiger charge is -2.32. The van der Waals surface area contributed by atoms with Crippen molar-refractivity contribution in [2.45, 2.75) is 31.2 Å². The summed E-state index contributed by atoms with van der Waals surface area (Å²) < 4.78 is 43.7. The van der Waals surface area contributed by atoms with Gasteiger partial charge in [-0.05, 0) is 12.8 Å². The van der Waals surface area contributed by atoms with E-state index >= 15 is 0 Å². The minimum Gasteiger partial charge on any atom is -0.417 e. The van der Waals surface area contributed by atoms with Gasteiger partial charge in [0, 0.05) is 5.92 Å². The first-order valence-electron chi connectivity index (χ1n) is 3.98. The molecule has 0 spiro atoms. The van der Waals surface area contributed by atoms with Crippen molar-refractivity contribution in [1.82, 2.24) is 10.2 Å². The zero-order valence-corrected chi connectivity index (χ0v) is 6.91. The van der Waals surface area contributed by atoms with Gasteiger partial charge in [0.15, 0.2) is 0 Å². The second kappa shape index (κ2) is 3.23. The molecule has 0 saturated heterocycles. The number of alkyl halides is 3. The van der Waals surface area contributed by atoms with Crippen molar-refractivity contribution in [2.75, 3.05) is 0 Å². The molecule has 0 amide bonds. The van der Waals surface area contributed by atoms with E-state index in [0.29, 0.717) is 5.89 Å². The molecule has 2 rings (SSSR count). The topological polar surface area (TPSA) is 48.2 Å². The Morgan fingerprint density at radius 1 is 1.43 bits per heavy atom. The highest BCUT2D eigenvalue weighted by molar-refractivity contribution is 4.98. The van der Waals surface area contributed by atoms with E-state index in [2.05, 4.69) is 21.3 Å². The number of aromatic nitrogens is 2. The Labute approximate surface area is 77.1 Å². The van der Waals surface area contributed by atoms with Crippen LogP contribution in [0.2, 0.25) is 0 Å². The molecule has 1 fully saturated rings. The van der Waals surface area contributed by atoms with Crippen LogP contribution in [0.15, 0.2) is 4.42 Å². The van der Waals surface area contributed by atoms with Crippen LogP contribution < -0.4 is 0 Å². The highest BCUT2D eigenvalue weighted by atomic mass is 19.4. The van der Waals surface area contributed by atoms with E-state index < -0.39 is 12.5 Å². The van der Waals surface area contributed by atoms with Crippen LogP contribution in [0.3, 0.4) is 0 Å². The molecule has 1 saturated carbocycles. The van der Waals surface area contributed by atoms with Crippen molar-refractivity contribution < 1.29 is 22.3 Å². The van der Waals surface area contributed by atoms with Crippen molar-refractivity contribution >= 4 is 0 Å². The van der Waals surface area contributed by atoms with Gasteiger partial charge in [-0.15, -0.1) is 23.4 Å². The molecule has 4 nitrogen and oxygen atoms in total. The Morgan fingerprint density at radius 2 is 2.14 bits per heavy atom. The number of nitrogens with zero attached hydrogens (tertiary/aromatic N) is 2. The third-order valence-corrected chi connectivity index (χ3v) is 2.08. The Kier molecular flexibility index (Phi) is 2.18. The third kappa shape index (κ3) is 2.03. The quantitative estimate of drug-likeness (QED) is 0.739. The molecule has 1 radical (unpaired) electrons. The average Bonchev–Trinajstić information content (AvgIpc) is 2.45. The summed E-state index contributed by atoms with van der Waals surface area (Å²) in [7, 11) is 0. The fraction of sp³-hybridized carbons (Fsp3) is 0.714. The molecule has 1 aliphatic rings. The summed E-state index contributed by atoms with van der Waals surface area (Å²) in [4.78, 5) is 0. The maximum Gasteiger partial charge on any atom is 0.522 e. The number of hydrogen-bond donors (Lipinski definition) is 0. The van der Waals surface area contributed by atoms with E-state index in [4.69, 9.17) is 4.42 Å². The van der Waals surface area contributed by atoms with Crippen LogP contribution in [0.25, 0.3) is 0 Å². The first-order chi connectivity index (χ1) is 6.54. The van der Waals surface area contributed by atoms with Crippen molar-refractivity contribution in [2.24, 2.45) is 0 Å². The zero-order chi connectivity index (χ0) is 10.2. The Bertz CT molecular complexity index is 292. The molecular weight excluding hydrogens is 201 g/mol. The van der Waals surface area contributed by atoms with Gasteiger partial charge in [-0.25, -0.2) is 0 Å². The number of rotatable bonds is 2. The van der Waals surface area contributed by atoms with E-state index in [-0.39, 0.29) is 18.8 Å². The predicted octanol–water partition coefficient (Wildman–Crippen LogP) is 1.65. The molecule has 7 heteroatoms. The molecule has 14 heavy (non-hydrogen) atoms. The van der Waals surface area contributed by atoms with Crippen LogP contribution in [0, 0.1) is 6.39 Å². The van der Waals surface area contributed by atoms with E-state index in [1.165, 1.54) is 0 Å². The number of hydrogen-bond acceptors (Lipinski definition) is 4. The Hall–Kier alpha value is -1.11. The van der Waals surface area contributed by atoms with Crippen molar-refractivity contribution in [1.29, 1.82) is 0 Å². The van der Waals surface area contributed by atoms with Gasteiger partial charge in [0.05, 0.1) is 6.10 Å². The molecule has 0 N–H and O–H groups in total. The van der Waals surface area contributed by atoms with E-state index in [1.54, 1.807) is 0 Å². The SMILES string of the molecule is FC(F)(F)OC1CC(c2nn[c]o2)C1. The van der Waals surface area contributed by atoms with E-state index in [9.17, 15) is 13.2 Å². The lowest BCUT2D eigenvalue weighted by Crippen LogP contribution is -2.34. The van der Waals surface area contributed by atoms with Gasteiger partial charge in [-0.1, -0.05) is 0 Å². The van der Waals surface area contributed by atoms with Crippen LogP contribution in [0.4, 0.5) is 13.2 Å². The molecule has 1 aromatic heterocycles. The lowest BCUT2D eigenvalue weighted by atomic mass is 9.82. The summed E-state index contributed by atoms with van der Waals surface area (Å²) >= 11 is 0. The van der Waals surface area contributed by atoms with Crippen molar-refractivity contribution in [3.8, 4) is 0 Å². The summed E-state index contributed by atoms with van der Waals surface area (Å²) in [6, 6.07) is 0. The van der Waals surface area contributed by atoms with E-state index in [0.717, 1.165) is 0 Å². The van der Waals surface area contributed by atoms with Gasteiger partial charge < -0.3 is 4.42 Å².